The molecule has 0 saturated heterocycles. The fourth-order valence-electron chi connectivity index (χ4n) is 3.73. The highest BCUT2D eigenvalue weighted by Gasteiger charge is 2.38. The summed E-state index contributed by atoms with van der Waals surface area (Å²) in [5.74, 6) is 1.41. The molecule has 144 valence electrons. The van der Waals surface area contributed by atoms with Crippen molar-refractivity contribution in [2.24, 2.45) is 0 Å². The van der Waals surface area contributed by atoms with E-state index in [1.54, 1.807) is 37.5 Å². The lowest BCUT2D eigenvalue weighted by Gasteiger charge is -2.26. The predicted octanol–water partition coefficient (Wildman–Crippen LogP) is 4.35. The number of rotatable bonds is 3. The molecule has 2 aromatic carbocycles. The molecule has 1 atom stereocenters. The van der Waals surface area contributed by atoms with Gasteiger partial charge >= 0.3 is 5.97 Å². The number of hydrogen-bond acceptors (Lipinski definition) is 6. The van der Waals surface area contributed by atoms with Crippen LogP contribution in [0.1, 0.15) is 39.6 Å². The van der Waals surface area contributed by atoms with Crippen LogP contribution in [-0.4, -0.2) is 18.9 Å². The van der Waals surface area contributed by atoms with Crippen LogP contribution in [0.2, 0.25) is 0 Å². The lowest BCUT2D eigenvalue weighted by Crippen LogP contribution is -2.21. The first kappa shape index (κ1) is 17.3. The fraction of sp³-hybridized carbons (Fsp3) is 0.130. The highest BCUT2D eigenvalue weighted by atomic mass is 16.5. The molecule has 0 fully saturated rings. The third-order valence-corrected chi connectivity index (χ3v) is 5.11. The molecular formula is C23H16O6. The van der Waals surface area contributed by atoms with Crippen LogP contribution in [0.15, 0.2) is 65.0 Å². The normalized spacial score (nSPS) is 18.8. The maximum atomic E-state index is 12.8. The molecule has 0 spiro atoms. The number of ether oxygens (including phenoxy) is 3. The SMILES string of the molecule is COc1ccc(C2CC(=O)Oc3ccc4c(c32)O/C(=C\c2ccco2)C4=O)cc1. The van der Waals surface area contributed by atoms with Crippen molar-refractivity contribution in [2.45, 2.75) is 12.3 Å². The van der Waals surface area contributed by atoms with Gasteiger partial charge in [0.1, 0.15) is 23.0 Å². The summed E-state index contributed by atoms with van der Waals surface area (Å²) in [6, 6.07) is 14.2. The second-order valence-corrected chi connectivity index (χ2v) is 6.81. The van der Waals surface area contributed by atoms with E-state index in [1.807, 2.05) is 24.3 Å². The number of benzene rings is 2. The van der Waals surface area contributed by atoms with E-state index in [0.29, 0.717) is 28.4 Å². The number of methoxy groups -OCH3 is 1. The Hall–Kier alpha value is -3.80. The summed E-state index contributed by atoms with van der Waals surface area (Å²) in [5, 5.41) is 0. The van der Waals surface area contributed by atoms with E-state index in [4.69, 9.17) is 18.6 Å². The zero-order valence-electron chi connectivity index (χ0n) is 15.5. The van der Waals surface area contributed by atoms with E-state index in [2.05, 4.69) is 0 Å². The molecular weight excluding hydrogens is 372 g/mol. The molecule has 0 bridgehead atoms. The quantitative estimate of drug-likeness (QED) is 0.377. The summed E-state index contributed by atoms with van der Waals surface area (Å²) in [5.41, 5.74) is 2.05. The van der Waals surface area contributed by atoms with Crippen LogP contribution < -0.4 is 14.2 Å². The molecule has 1 aromatic heterocycles. The minimum atomic E-state index is -0.325. The third-order valence-electron chi connectivity index (χ3n) is 5.11. The molecule has 29 heavy (non-hydrogen) atoms. The molecule has 0 N–H and O–H groups in total. The third kappa shape index (κ3) is 2.89. The van der Waals surface area contributed by atoms with Gasteiger partial charge < -0.3 is 18.6 Å². The van der Waals surface area contributed by atoms with Gasteiger partial charge in [-0.1, -0.05) is 12.1 Å². The van der Waals surface area contributed by atoms with Gasteiger partial charge in [-0.3, -0.25) is 9.59 Å². The van der Waals surface area contributed by atoms with Gasteiger partial charge in [0.05, 0.1) is 25.4 Å². The minimum Gasteiger partial charge on any atom is -0.497 e. The van der Waals surface area contributed by atoms with E-state index in [0.717, 1.165) is 11.3 Å². The van der Waals surface area contributed by atoms with E-state index in [1.165, 1.54) is 6.26 Å². The number of furan rings is 1. The summed E-state index contributed by atoms with van der Waals surface area (Å²) in [6.07, 6.45) is 3.25. The number of carbonyl (C=O) groups is 2. The smallest absolute Gasteiger partial charge is 0.312 e. The Labute approximate surface area is 166 Å². The minimum absolute atomic E-state index is 0.157. The molecule has 5 rings (SSSR count). The monoisotopic (exact) mass is 388 g/mol. The van der Waals surface area contributed by atoms with Gasteiger partial charge in [0.2, 0.25) is 5.78 Å². The van der Waals surface area contributed by atoms with Crippen molar-refractivity contribution in [3.63, 3.8) is 0 Å². The number of carbonyl (C=O) groups excluding carboxylic acids is 2. The van der Waals surface area contributed by atoms with Gasteiger partial charge in [-0.2, -0.15) is 0 Å². The van der Waals surface area contributed by atoms with Crippen LogP contribution in [0.5, 0.6) is 17.2 Å². The van der Waals surface area contributed by atoms with E-state index < -0.39 is 0 Å². The van der Waals surface area contributed by atoms with Gasteiger partial charge in [0.15, 0.2) is 5.76 Å². The van der Waals surface area contributed by atoms with Gasteiger partial charge in [-0.15, -0.1) is 0 Å². The molecule has 0 aliphatic carbocycles. The summed E-state index contributed by atoms with van der Waals surface area (Å²) in [7, 11) is 1.60. The van der Waals surface area contributed by atoms with E-state index >= 15 is 0 Å². The van der Waals surface area contributed by atoms with Crippen LogP contribution in [0.4, 0.5) is 0 Å². The Morgan fingerprint density at radius 1 is 1.03 bits per heavy atom. The zero-order valence-corrected chi connectivity index (χ0v) is 15.5. The summed E-state index contributed by atoms with van der Waals surface area (Å²) >= 11 is 0. The second-order valence-electron chi connectivity index (χ2n) is 6.81. The first-order chi connectivity index (χ1) is 14.1. The van der Waals surface area contributed by atoms with Crippen LogP contribution in [-0.2, 0) is 4.79 Å². The van der Waals surface area contributed by atoms with Crippen molar-refractivity contribution in [2.75, 3.05) is 7.11 Å². The molecule has 2 aliphatic rings. The molecule has 0 amide bonds. The average Bonchev–Trinajstić information content (AvgIpc) is 3.36. The molecule has 3 heterocycles. The van der Waals surface area contributed by atoms with Crippen LogP contribution in [0.3, 0.4) is 0 Å². The molecule has 3 aromatic rings. The second kappa shape index (κ2) is 6.67. The van der Waals surface area contributed by atoms with Gasteiger partial charge in [-0.05, 0) is 42.0 Å². The van der Waals surface area contributed by atoms with Crippen molar-refractivity contribution >= 4 is 17.8 Å². The van der Waals surface area contributed by atoms with Crippen molar-refractivity contribution in [1.29, 1.82) is 0 Å². The number of Topliss-reactive ketones (excluding diaryl/α,β-unsaturated/α-hetero) is 1. The summed E-state index contributed by atoms with van der Waals surface area (Å²) < 4.78 is 21.9. The lowest BCUT2D eigenvalue weighted by molar-refractivity contribution is -0.135. The van der Waals surface area contributed by atoms with Gasteiger partial charge in [-0.25, -0.2) is 0 Å². The average molecular weight is 388 g/mol. The Bertz CT molecular complexity index is 1140. The predicted molar refractivity (Wildman–Crippen MR) is 103 cm³/mol. The number of esters is 1. The van der Waals surface area contributed by atoms with E-state index in [9.17, 15) is 9.59 Å². The standard InChI is InChI=1S/C23H16O6/c1-26-14-6-4-13(5-7-14)17-12-20(24)28-18-9-8-16-22(25)19(29-23(16)21(17)18)11-15-3-2-10-27-15/h2-11,17H,12H2,1H3/b19-11-. The van der Waals surface area contributed by atoms with Crippen LogP contribution in [0, 0.1) is 0 Å². The fourth-order valence-corrected chi connectivity index (χ4v) is 3.73. The largest absolute Gasteiger partial charge is 0.497 e. The Morgan fingerprint density at radius 2 is 1.86 bits per heavy atom. The first-order valence-electron chi connectivity index (χ1n) is 9.13. The van der Waals surface area contributed by atoms with E-state index in [-0.39, 0.29) is 29.9 Å². The number of fused-ring (bicyclic) bond motifs is 3. The van der Waals surface area contributed by atoms with Crippen molar-refractivity contribution in [3.05, 3.63) is 83.0 Å². The Balaban J connectivity index is 1.61. The Kier molecular flexibility index (Phi) is 3.98. The maximum Gasteiger partial charge on any atom is 0.312 e. The highest BCUT2D eigenvalue weighted by molar-refractivity contribution is 6.15. The molecule has 6 nitrogen and oxygen atoms in total. The molecule has 0 radical (unpaired) electrons. The number of ketones is 1. The van der Waals surface area contributed by atoms with Crippen molar-refractivity contribution in [1.82, 2.24) is 0 Å². The molecule has 6 heteroatoms. The summed E-state index contributed by atoms with van der Waals surface area (Å²) in [4.78, 5) is 25.0. The van der Waals surface area contributed by atoms with Crippen LogP contribution in [0.25, 0.3) is 6.08 Å². The first-order valence-corrected chi connectivity index (χ1v) is 9.13. The summed E-state index contributed by atoms with van der Waals surface area (Å²) in [6.45, 7) is 0. The Morgan fingerprint density at radius 3 is 2.59 bits per heavy atom. The molecule has 2 aliphatic heterocycles. The van der Waals surface area contributed by atoms with Gasteiger partial charge in [0.25, 0.3) is 0 Å². The van der Waals surface area contributed by atoms with Crippen LogP contribution >= 0.6 is 0 Å². The van der Waals surface area contributed by atoms with Crippen molar-refractivity contribution in [3.8, 4) is 17.2 Å². The highest BCUT2D eigenvalue weighted by Crippen LogP contribution is 2.49. The lowest BCUT2D eigenvalue weighted by atomic mass is 9.84. The molecule has 0 saturated carbocycles. The maximum absolute atomic E-state index is 12.8. The number of allylic oxidation sites excluding steroid dienone is 1. The topological polar surface area (TPSA) is 75.0 Å². The molecule has 1 unspecified atom stereocenters. The van der Waals surface area contributed by atoms with Gasteiger partial charge in [0, 0.05) is 17.6 Å². The zero-order chi connectivity index (χ0) is 20.0. The number of hydrogen-bond donors (Lipinski definition) is 0. The van der Waals surface area contributed by atoms with Crippen molar-refractivity contribution < 1.29 is 28.2 Å².